The summed E-state index contributed by atoms with van der Waals surface area (Å²) >= 11 is 0. The highest BCUT2D eigenvalue weighted by atomic mass is 19.1. The number of carbonyl (C=O) groups is 1. The van der Waals surface area contributed by atoms with E-state index in [1.54, 1.807) is 12.1 Å². The molecule has 0 spiro atoms. The van der Waals surface area contributed by atoms with Crippen molar-refractivity contribution in [2.75, 3.05) is 43.6 Å². The largest absolute Gasteiger partial charge is 0.378 e. The van der Waals surface area contributed by atoms with Crippen LogP contribution in [0.5, 0.6) is 0 Å². The van der Waals surface area contributed by atoms with Crippen molar-refractivity contribution in [3.05, 3.63) is 59.9 Å². The highest BCUT2D eigenvalue weighted by molar-refractivity contribution is 5.94. The molecular formula is C22H28FN3O2. The first-order valence-corrected chi connectivity index (χ1v) is 9.75. The zero-order chi connectivity index (χ0) is 19.9. The number of carbonyl (C=O) groups excluding carboxylic acids is 1. The van der Waals surface area contributed by atoms with Gasteiger partial charge in [-0.2, -0.15) is 0 Å². The normalized spacial score (nSPS) is 15.5. The van der Waals surface area contributed by atoms with Gasteiger partial charge >= 0.3 is 0 Å². The van der Waals surface area contributed by atoms with E-state index in [9.17, 15) is 9.18 Å². The molecule has 0 unspecified atom stereocenters. The van der Waals surface area contributed by atoms with Gasteiger partial charge in [0.15, 0.2) is 0 Å². The first-order chi connectivity index (χ1) is 13.6. The number of para-hydroxylation sites is 1. The summed E-state index contributed by atoms with van der Waals surface area (Å²) in [7, 11) is 1.97. The Morgan fingerprint density at radius 1 is 1.18 bits per heavy atom. The molecule has 1 amide bonds. The molecule has 2 aromatic carbocycles. The van der Waals surface area contributed by atoms with Crippen molar-refractivity contribution in [3.63, 3.8) is 0 Å². The fraction of sp³-hybridized carbons (Fsp3) is 0.409. The summed E-state index contributed by atoms with van der Waals surface area (Å²) in [5.41, 5.74) is 3.00. The van der Waals surface area contributed by atoms with Crippen molar-refractivity contribution in [2.45, 2.75) is 25.9 Å². The molecule has 1 saturated heterocycles. The number of nitrogens with one attached hydrogen (secondary N) is 1. The molecule has 3 rings (SSSR count). The predicted octanol–water partition coefficient (Wildman–Crippen LogP) is 3.51. The van der Waals surface area contributed by atoms with Crippen LogP contribution in [0, 0.1) is 5.82 Å². The predicted molar refractivity (Wildman–Crippen MR) is 110 cm³/mol. The van der Waals surface area contributed by atoms with E-state index in [4.69, 9.17) is 4.74 Å². The van der Waals surface area contributed by atoms with Gasteiger partial charge in [0.2, 0.25) is 5.91 Å². The van der Waals surface area contributed by atoms with Crippen molar-refractivity contribution in [2.24, 2.45) is 0 Å². The third-order valence-electron chi connectivity index (χ3n) is 5.10. The van der Waals surface area contributed by atoms with Gasteiger partial charge in [0, 0.05) is 31.0 Å². The first-order valence-electron chi connectivity index (χ1n) is 9.75. The maximum Gasteiger partial charge on any atom is 0.241 e. The number of halogens is 1. The maximum atomic E-state index is 13.1. The van der Waals surface area contributed by atoms with Gasteiger partial charge in [-0.3, -0.25) is 9.69 Å². The van der Waals surface area contributed by atoms with Gasteiger partial charge in [0.1, 0.15) is 5.82 Å². The van der Waals surface area contributed by atoms with Crippen molar-refractivity contribution < 1.29 is 13.9 Å². The molecule has 2 aromatic rings. The number of amides is 1. The van der Waals surface area contributed by atoms with Crippen LogP contribution in [0.3, 0.4) is 0 Å². The second-order valence-corrected chi connectivity index (χ2v) is 7.06. The number of nitrogens with zero attached hydrogens (tertiary/aromatic N) is 2. The molecule has 1 N–H and O–H groups in total. The summed E-state index contributed by atoms with van der Waals surface area (Å²) in [6, 6.07) is 13.9. The van der Waals surface area contributed by atoms with Crippen LogP contribution in [0.15, 0.2) is 48.5 Å². The van der Waals surface area contributed by atoms with E-state index >= 15 is 0 Å². The highest BCUT2D eigenvalue weighted by Gasteiger charge is 2.23. The average molecular weight is 385 g/mol. The summed E-state index contributed by atoms with van der Waals surface area (Å²) in [6.45, 7) is 5.90. The van der Waals surface area contributed by atoms with E-state index in [1.165, 1.54) is 23.4 Å². The maximum absolute atomic E-state index is 13.1. The lowest BCUT2D eigenvalue weighted by atomic mass is 10.1. The van der Waals surface area contributed by atoms with Crippen LogP contribution in [0.4, 0.5) is 15.8 Å². The fourth-order valence-electron chi connectivity index (χ4n) is 3.59. The molecule has 0 bridgehead atoms. The van der Waals surface area contributed by atoms with Gasteiger partial charge < -0.3 is 15.0 Å². The Hall–Kier alpha value is -2.44. The summed E-state index contributed by atoms with van der Waals surface area (Å²) in [5.74, 6) is -0.401. The van der Waals surface area contributed by atoms with Crippen LogP contribution in [0.25, 0.3) is 0 Å². The molecule has 0 aromatic heterocycles. The number of hydrogen-bond donors (Lipinski definition) is 1. The SMILES string of the molecule is CC[C@H](C(=O)Nc1ccc(F)cc1)N(C)Cc1ccccc1N1CCOCC1. The molecule has 150 valence electrons. The second kappa shape index (κ2) is 9.66. The summed E-state index contributed by atoms with van der Waals surface area (Å²) in [6.07, 6.45) is 0.684. The Kier molecular flexibility index (Phi) is 7.01. The quantitative estimate of drug-likeness (QED) is 0.792. The topological polar surface area (TPSA) is 44.8 Å². The van der Waals surface area contributed by atoms with E-state index in [0.717, 1.165) is 26.3 Å². The molecule has 5 nitrogen and oxygen atoms in total. The van der Waals surface area contributed by atoms with Gasteiger partial charge in [-0.15, -0.1) is 0 Å². The zero-order valence-corrected chi connectivity index (χ0v) is 16.5. The van der Waals surface area contributed by atoms with E-state index in [-0.39, 0.29) is 17.8 Å². The molecular weight excluding hydrogens is 357 g/mol. The standard InChI is InChI=1S/C22H28FN3O2/c1-3-20(22(27)24-19-10-8-18(23)9-11-19)25(2)16-17-6-4-5-7-21(17)26-12-14-28-15-13-26/h4-11,20H,3,12-16H2,1-2H3,(H,24,27)/t20-/m1/s1. The Balaban J connectivity index is 1.69. The van der Waals surface area contributed by atoms with Crippen LogP contribution in [0.1, 0.15) is 18.9 Å². The van der Waals surface area contributed by atoms with Crippen LogP contribution in [-0.2, 0) is 16.1 Å². The van der Waals surface area contributed by atoms with Crippen molar-refractivity contribution in [1.82, 2.24) is 4.90 Å². The first kappa shape index (κ1) is 20.3. The molecule has 0 saturated carbocycles. The Labute approximate surface area is 166 Å². The van der Waals surface area contributed by atoms with E-state index in [2.05, 4.69) is 27.2 Å². The molecule has 1 atom stereocenters. The second-order valence-electron chi connectivity index (χ2n) is 7.06. The molecule has 28 heavy (non-hydrogen) atoms. The zero-order valence-electron chi connectivity index (χ0n) is 16.5. The van der Waals surface area contributed by atoms with Gasteiger partial charge in [0.05, 0.1) is 19.3 Å². The average Bonchev–Trinajstić information content (AvgIpc) is 2.71. The van der Waals surface area contributed by atoms with Gasteiger partial charge in [-0.1, -0.05) is 25.1 Å². The molecule has 1 aliphatic heterocycles. The van der Waals surface area contributed by atoms with E-state index in [0.29, 0.717) is 18.7 Å². The minimum absolute atomic E-state index is 0.0829. The Morgan fingerprint density at radius 2 is 1.86 bits per heavy atom. The van der Waals surface area contributed by atoms with E-state index < -0.39 is 0 Å². The lowest BCUT2D eigenvalue weighted by Crippen LogP contribution is -2.42. The van der Waals surface area contributed by atoms with Crippen LogP contribution >= 0.6 is 0 Å². The molecule has 1 aliphatic rings. The minimum Gasteiger partial charge on any atom is -0.378 e. The number of anilines is 2. The van der Waals surface area contributed by atoms with Crippen LogP contribution < -0.4 is 10.2 Å². The summed E-state index contributed by atoms with van der Waals surface area (Å²) < 4.78 is 18.5. The minimum atomic E-state index is -0.318. The summed E-state index contributed by atoms with van der Waals surface area (Å²) in [5, 5.41) is 2.89. The fourth-order valence-corrected chi connectivity index (χ4v) is 3.59. The van der Waals surface area contributed by atoms with Gasteiger partial charge in [-0.05, 0) is 49.4 Å². The van der Waals surface area contributed by atoms with Gasteiger partial charge in [0.25, 0.3) is 0 Å². The number of hydrogen-bond acceptors (Lipinski definition) is 4. The number of likely N-dealkylation sites (N-methyl/N-ethyl adjacent to an activating group) is 1. The Bertz CT molecular complexity index is 776. The van der Waals surface area contributed by atoms with Crippen molar-refractivity contribution in [3.8, 4) is 0 Å². The molecule has 1 fully saturated rings. The van der Waals surface area contributed by atoms with Gasteiger partial charge in [-0.25, -0.2) is 4.39 Å². The van der Waals surface area contributed by atoms with E-state index in [1.807, 2.05) is 26.1 Å². The van der Waals surface area contributed by atoms with Crippen LogP contribution in [-0.4, -0.2) is 50.2 Å². The highest BCUT2D eigenvalue weighted by Crippen LogP contribution is 2.24. The van der Waals surface area contributed by atoms with Crippen molar-refractivity contribution >= 4 is 17.3 Å². The third kappa shape index (κ3) is 5.09. The molecule has 0 radical (unpaired) electrons. The Morgan fingerprint density at radius 3 is 2.54 bits per heavy atom. The lowest BCUT2D eigenvalue weighted by Gasteiger charge is -2.32. The molecule has 1 heterocycles. The molecule has 0 aliphatic carbocycles. The monoisotopic (exact) mass is 385 g/mol. The van der Waals surface area contributed by atoms with Crippen LogP contribution in [0.2, 0.25) is 0 Å². The third-order valence-corrected chi connectivity index (χ3v) is 5.10. The number of ether oxygens (including phenoxy) is 1. The number of rotatable bonds is 7. The number of benzene rings is 2. The smallest absolute Gasteiger partial charge is 0.241 e. The number of morpholine rings is 1. The van der Waals surface area contributed by atoms with Crippen molar-refractivity contribution in [1.29, 1.82) is 0 Å². The molecule has 6 heteroatoms. The lowest BCUT2D eigenvalue weighted by molar-refractivity contribution is -0.121. The summed E-state index contributed by atoms with van der Waals surface area (Å²) in [4.78, 5) is 17.2.